The fourth-order valence-electron chi connectivity index (χ4n) is 3.66. The molecule has 1 aliphatic rings. The number of hydrogen-bond donors (Lipinski definition) is 0. The van der Waals surface area contributed by atoms with Crippen LogP contribution in [0.4, 0.5) is 13.2 Å². The molecule has 144 valence electrons. The van der Waals surface area contributed by atoms with Crippen LogP contribution in [0.15, 0.2) is 42.5 Å². The van der Waals surface area contributed by atoms with Crippen molar-refractivity contribution in [2.45, 2.75) is 51.6 Å². The normalized spacial score (nSPS) is 20.3. The number of ether oxygens (including phenoxy) is 1. The van der Waals surface area contributed by atoms with Crippen molar-refractivity contribution in [3.63, 3.8) is 0 Å². The summed E-state index contributed by atoms with van der Waals surface area (Å²) in [5.74, 6) is -2.29. The number of aryl methyl sites for hydroxylation is 1. The highest BCUT2D eigenvalue weighted by molar-refractivity contribution is 5.66. The van der Waals surface area contributed by atoms with Crippen LogP contribution in [-0.4, -0.2) is 12.7 Å². The van der Waals surface area contributed by atoms with Gasteiger partial charge in [-0.3, -0.25) is 0 Å². The maximum Gasteiger partial charge on any atom is 0.167 e. The second-order valence-corrected chi connectivity index (χ2v) is 7.06. The first-order chi connectivity index (χ1) is 13.0. The minimum absolute atomic E-state index is 0.0376. The molecule has 27 heavy (non-hydrogen) atoms. The maximum atomic E-state index is 14.7. The Hall–Kier alpha value is -2.07. The zero-order valence-electron chi connectivity index (χ0n) is 15.8. The topological polar surface area (TPSA) is 9.23 Å². The van der Waals surface area contributed by atoms with E-state index in [-0.39, 0.29) is 23.1 Å². The molecule has 1 nitrogen and oxygen atoms in total. The number of hydrogen-bond acceptors (Lipinski definition) is 1. The first-order valence-corrected chi connectivity index (χ1v) is 9.56. The highest BCUT2D eigenvalue weighted by Gasteiger charge is 2.23. The van der Waals surface area contributed by atoms with E-state index < -0.39 is 17.5 Å². The molecular formula is C23H25F3O. The van der Waals surface area contributed by atoms with E-state index in [0.717, 1.165) is 24.8 Å². The molecule has 0 radical (unpaired) electrons. The molecule has 0 saturated carbocycles. The van der Waals surface area contributed by atoms with Gasteiger partial charge in [-0.25, -0.2) is 13.2 Å². The van der Waals surface area contributed by atoms with Crippen molar-refractivity contribution in [2.24, 2.45) is 0 Å². The highest BCUT2D eigenvalue weighted by Crippen LogP contribution is 2.33. The molecule has 2 aromatic rings. The number of allylic oxidation sites excluding steroid dienone is 1. The summed E-state index contributed by atoms with van der Waals surface area (Å²) in [6.07, 6.45) is 7.09. The molecule has 1 heterocycles. The van der Waals surface area contributed by atoms with Crippen molar-refractivity contribution < 1.29 is 17.9 Å². The van der Waals surface area contributed by atoms with Crippen molar-refractivity contribution in [1.82, 2.24) is 0 Å². The summed E-state index contributed by atoms with van der Waals surface area (Å²) in [5.41, 5.74) is 1.20. The Kier molecular flexibility index (Phi) is 6.38. The number of rotatable bonds is 5. The van der Waals surface area contributed by atoms with Crippen LogP contribution in [0, 0.1) is 17.5 Å². The van der Waals surface area contributed by atoms with Crippen molar-refractivity contribution >= 4 is 0 Å². The minimum atomic E-state index is -0.984. The Bertz CT molecular complexity index is 821. The summed E-state index contributed by atoms with van der Waals surface area (Å²) in [4.78, 5) is 0. The maximum absolute atomic E-state index is 14.7. The lowest BCUT2D eigenvalue weighted by atomic mass is 9.89. The van der Waals surface area contributed by atoms with Crippen LogP contribution in [0.1, 0.15) is 50.2 Å². The first kappa shape index (κ1) is 19.7. The lowest BCUT2D eigenvalue weighted by molar-refractivity contribution is 0.0326. The van der Waals surface area contributed by atoms with Gasteiger partial charge in [0, 0.05) is 17.0 Å². The molecule has 2 atom stereocenters. The minimum Gasteiger partial charge on any atom is -0.374 e. The van der Waals surface area contributed by atoms with Gasteiger partial charge in [-0.2, -0.15) is 0 Å². The summed E-state index contributed by atoms with van der Waals surface area (Å²) in [5, 5.41) is 0. The van der Waals surface area contributed by atoms with Gasteiger partial charge in [-0.05, 0) is 43.4 Å². The average molecular weight is 374 g/mol. The van der Waals surface area contributed by atoms with E-state index in [1.165, 1.54) is 12.1 Å². The summed E-state index contributed by atoms with van der Waals surface area (Å²) in [7, 11) is 0. The van der Waals surface area contributed by atoms with E-state index >= 15 is 0 Å². The molecule has 1 saturated heterocycles. The molecule has 4 heteroatoms. The van der Waals surface area contributed by atoms with E-state index in [0.29, 0.717) is 18.6 Å². The van der Waals surface area contributed by atoms with E-state index in [4.69, 9.17) is 4.74 Å². The van der Waals surface area contributed by atoms with Crippen LogP contribution >= 0.6 is 0 Å². The molecule has 2 unspecified atom stereocenters. The lowest BCUT2D eigenvalue weighted by Gasteiger charge is -2.28. The monoisotopic (exact) mass is 374 g/mol. The van der Waals surface area contributed by atoms with E-state index in [2.05, 4.69) is 0 Å². The van der Waals surface area contributed by atoms with E-state index in [1.54, 1.807) is 18.2 Å². The smallest absolute Gasteiger partial charge is 0.167 e. The van der Waals surface area contributed by atoms with Crippen LogP contribution in [0.2, 0.25) is 0 Å². The Morgan fingerprint density at radius 3 is 2.44 bits per heavy atom. The molecule has 2 aromatic carbocycles. The van der Waals surface area contributed by atoms with Gasteiger partial charge in [0.2, 0.25) is 0 Å². The third-order valence-electron chi connectivity index (χ3n) is 5.15. The average Bonchev–Trinajstić information content (AvgIpc) is 2.67. The molecule has 0 N–H and O–H groups in total. The van der Waals surface area contributed by atoms with Crippen LogP contribution in [0.5, 0.6) is 0 Å². The zero-order valence-corrected chi connectivity index (χ0v) is 15.8. The molecule has 0 aliphatic carbocycles. The Morgan fingerprint density at radius 1 is 1.04 bits per heavy atom. The van der Waals surface area contributed by atoms with Gasteiger partial charge in [0.15, 0.2) is 11.6 Å². The van der Waals surface area contributed by atoms with Crippen LogP contribution in [-0.2, 0) is 11.2 Å². The Morgan fingerprint density at radius 2 is 1.81 bits per heavy atom. The predicted molar refractivity (Wildman–Crippen MR) is 102 cm³/mol. The first-order valence-electron chi connectivity index (χ1n) is 9.56. The van der Waals surface area contributed by atoms with Crippen LogP contribution in [0.25, 0.3) is 11.1 Å². The second-order valence-electron chi connectivity index (χ2n) is 7.06. The van der Waals surface area contributed by atoms with Crippen molar-refractivity contribution in [3.8, 4) is 11.1 Å². The molecular weight excluding hydrogens is 349 g/mol. The quantitative estimate of drug-likeness (QED) is 0.538. The van der Waals surface area contributed by atoms with Crippen molar-refractivity contribution in [1.29, 1.82) is 0 Å². The van der Waals surface area contributed by atoms with Crippen molar-refractivity contribution in [2.75, 3.05) is 6.61 Å². The molecule has 1 fully saturated rings. The van der Waals surface area contributed by atoms with Gasteiger partial charge in [0.05, 0.1) is 12.7 Å². The number of halogens is 3. The largest absolute Gasteiger partial charge is 0.374 e. The lowest BCUT2D eigenvalue weighted by Crippen LogP contribution is -2.23. The summed E-state index contributed by atoms with van der Waals surface area (Å²) in [6.45, 7) is 4.39. The summed E-state index contributed by atoms with van der Waals surface area (Å²) in [6, 6.07) is 7.77. The second kappa shape index (κ2) is 8.75. The Labute approximate surface area is 158 Å². The van der Waals surface area contributed by atoms with Gasteiger partial charge >= 0.3 is 0 Å². The fourth-order valence-corrected chi connectivity index (χ4v) is 3.66. The van der Waals surface area contributed by atoms with E-state index in [9.17, 15) is 13.2 Å². The van der Waals surface area contributed by atoms with Crippen LogP contribution < -0.4 is 0 Å². The molecule has 0 aromatic heterocycles. The summed E-state index contributed by atoms with van der Waals surface area (Å²) >= 11 is 0. The SMILES string of the molecule is C/C=C/C1CCC(c2ccc(-c3ccc(CCC)c(F)c3F)c(F)c2)CO1. The van der Waals surface area contributed by atoms with Gasteiger partial charge in [-0.15, -0.1) is 0 Å². The fraction of sp³-hybridized carbons (Fsp3) is 0.391. The van der Waals surface area contributed by atoms with Gasteiger partial charge < -0.3 is 4.74 Å². The molecule has 0 spiro atoms. The third-order valence-corrected chi connectivity index (χ3v) is 5.15. The highest BCUT2D eigenvalue weighted by atomic mass is 19.2. The van der Waals surface area contributed by atoms with Crippen LogP contribution in [0.3, 0.4) is 0 Å². The number of benzene rings is 2. The van der Waals surface area contributed by atoms with Gasteiger partial charge in [0.1, 0.15) is 5.82 Å². The van der Waals surface area contributed by atoms with Gasteiger partial charge in [0.25, 0.3) is 0 Å². The molecule has 3 rings (SSSR count). The van der Waals surface area contributed by atoms with Gasteiger partial charge in [-0.1, -0.05) is 49.8 Å². The summed E-state index contributed by atoms with van der Waals surface area (Å²) < 4.78 is 49.2. The molecule has 1 aliphatic heterocycles. The standard InChI is InChI=1S/C23H25F3O/c1-3-5-15-8-12-20(23(26)22(15)25)19-11-9-16(13-21(19)24)17-7-10-18(6-4-2)27-14-17/h4,6,8-9,11-13,17-18H,3,5,7,10,14H2,1-2H3/b6-4+. The van der Waals surface area contributed by atoms with Crippen molar-refractivity contribution in [3.05, 3.63) is 71.1 Å². The Balaban J connectivity index is 1.83. The third kappa shape index (κ3) is 4.27. The van der Waals surface area contributed by atoms with E-state index in [1.807, 2.05) is 26.0 Å². The molecule has 0 amide bonds. The molecule has 0 bridgehead atoms. The predicted octanol–water partition coefficient (Wildman–Crippen LogP) is 6.56. The zero-order chi connectivity index (χ0) is 19.4.